The number of fused-ring (bicyclic) bond motifs is 16. The fraction of sp³-hybridized carbons (Fsp3) is 0.0204. The highest BCUT2D eigenvalue weighted by Crippen LogP contribution is 2.64. The monoisotopic (exact) mass is 663 g/mol. The van der Waals surface area contributed by atoms with Crippen molar-refractivity contribution < 1.29 is 8.83 Å². The molecule has 242 valence electrons. The Balaban J connectivity index is 1.17. The number of anilines is 3. The third-order valence-electron chi connectivity index (χ3n) is 11.5. The first-order valence-corrected chi connectivity index (χ1v) is 17.8. The summed E-state index contributed by atoms with van der Waals surface area (Å²) >= 11 is 0. The summed E-state index contributed by atoms with van der Waals surface area (Å²) in [5.41, 5.74) is 16.5. The van der Waals surface area contributed by atoms with E-state index in [9.17, 15) is 0 Å². The molecule has 52 heavy (non-hydrogen) atoms. The third kappa shape index (κ3) is 3.49. The minimum absolute atomic E-state index is 0.438. The second kappa shape index (κ2) is 10.1. The highest BCUT2D eigenvalue weighted by atomic mass is 16.3. The van der Waals surface area contributed by atoms with Crippen molar-refractivity contribution in [2.75, 3.05) is 4.90 Å². The van der Waals surface area contributed by atoms with Crippen molar-refractivity contribution in [2.24, 2.45) is 0 Å². The van der Waals surface area contributed by atoms with Gasteiger partial charge < -0.3 is 13.7 Å². The zero-order chi connectivity index (χ0) is 34.0. The summed E-state index contributed by atoms with van der Waals surface area (Å²) in [6.45, 7) is 0. The summed E-state index contributed by atoms with van der Waals surface area (Å²) in [7, 11) is 0. The zero-order valence-corrected chi connectivity index (χ0v) is 28.0. The van der Waals surface area contributed by atoms with Crippen molar-refractivity contribution in [2.45, 2.75) is 5.41 Å². The van der Waals surface area contributed by atoms with Gasteiger partial charge >= 0.3 is 0 Å². The van der Waals surface area contributed by atoms with Crippen molar-refractivity contribution >= 4 is 60.9 Å². The summed E-state index contributed by atoms with van der Waals surface area (Å²) in [5.74, 6) is 0. The summed E-state index contributed by atoms with van der Waals surface area (Å²) in [6.07, 6.45) is 0. The van der Waals surface area contributed by atoms with E-state index in [0.29, 0.717) is 0 Å². The smallest absolute Gasteiger partial charge is 0.137 e. The summed E-state index contributed by atoms with van der Waals surface area (Å²) in [4.78, 5) is 2.39. The lowest BCUT2D eigenvalue weighted by Crippen LogP contribution is -2.26. The van der Waals surface area contributed by atoms with Crippen LogP contribution >= 0.6 is 0 Å². The van der Waals surface area contributed by atoms with Gasteiger partial charge in [0.25, 0.3) is 0 Å². The normalized spacial score (nSPS) is 13.5. The third-order valence-corrected chi connectivity index (χ3v) is 11.5. The maximum absolute atomic E-state index is 6.48. The fourth-order valence-corrected chi connectivity index (χ4v) is 9.45. The quantitative estimate of drug-likeness (QED) is 0.188. The molecule has 10 aromatic rings. The first kappa shape index (κ1) is 27.9. The Morgan fingerprint density at radius 1 is 0.346 bits per heavy atom. The number of nitrogens with zero attached hydrogens (tertiary/aromatic N) is 1. The molecule has 2 heterocycles. The number of para-hydroxylation sites is 2. The molecular weight excluding hydrogens is 635 g/mol. The molecule has 0 saturated carbocycles. The zero-order valence-electron chi connectivity index (χ0n) is 28.0. The molecule has 0 saturated heterocycles. The Labute approximate surface area is 299 Å². The van der Waals surface area contributed by atoms with Gasteiger partial charge in [0.1, 0.15) is 22.3 Å². The Hall–Kier alpha value is -6.84. The predicted molar refractivity (Wildman–Crippen MR) is 212 cm³/mol. The van der Waals surface area contributed by atoms with Crippen LogP contribution < -0.4 is 4.90 Å². The van der Waals surface area contributed by atoms with Gasteiger partial charge in [0.15, 0.2) is 0 Å². The van der Waals surface area contributed by atoms with E-state index in [1.165, 1.54) is 44.5 Å². The highest BCUT2D eigenvalue weighted by molar-refractivity contribution is 6.09. The Morgan fingerprint density at radius 2 is 0.788 bits per heavy atom. The number of rotatable bonds is 3. The Morgan fingerprint density at radius 3 is 1.37 bits per heavy atom. The van der Waals surface area contributed by atoms with E-state index in [-0.39, 0.29) is 0 Å². The van der Waals surface area contributed by atoms with Gasteiger partial charge in [0.2, 0.25) is 0 Å². The van der Waals surface area contributed by atoms with Gasteiger partial charge in [-0.25, -0.2) is 0 Å². The van der Waals surface area contributed by atoms with E-state index in [1.54, 1.807) is 0 Å². The molecule has 3 nitrogen and oxygen atoms in total. The van der Waals surface area contributed by atoms with Crippen LogP contribution in [0.4, 0.5) is 17.1 Å². The summed E-state index contributed by atoms with van der Waals surface area (Å²) in [5, 5.41) is 4.45. The molecular formula is C49H29NO2. The number of furan rings is 2. The maximum atomic E-state index is 6.48. The van der Waals surface area contributed by atoms with Crippen LogP contribution in [-0.4, -0.2) is 0 Å². The van der Waals surface area contributed by atoms with Gasteiger partial charge in [-0.2, -0.15) is 0 Å². The van der Waals surface area contributed by atoms with Crippen LogP contribution in [0, 0.1) is 0 Å². The Bertz CT molecular complexity index is 2950. The van der Waals surface area contributed by atoms with Gasteiger partial charge in [-0.05, 0) is 81.4 Å². The molecule has 12 rings (SSSR count). The van der Waals surface area contributed by atoms with Crippen LogP contribution in [-0.2, 0) is 5.41 Å². The largest absolute Gasteiger partial charge is 0.456 e. The minimum atomic E-state index is -0.438. The molecule has 8 aromatic carbocycles. The molecule has 2 aliphatic rings. The van der Waals surface area contributed by atoms with Crippen LogP contribution in [0.1, 0.15) is 22.3 Å². The molecule has 0 atom stereocenters. The van der Waals surface area contributed by atoms with Crippen molar-refractivity contribution in [1.29, 1.82) is 0 Å². The summed E-state index contributed by atoms with van der Waals surface area (Å²) in [6, 6.07) is 63.6. The number of hydrogen-bond acceptors (Lipinski definition) is 3. The predicted octanol–water partition coefficient (Wildman–Crippen LogP) is 13.3. The van der Waals surface area contributed by atoms with E-state index in [0.717, 1.165) is 60.9 Å². The molecule has 0 bridgehead atoms. The van der Waals surface area contributed by atoms with Gasteiger partial charge in [0.05, 0.1) is 11.1 Å². The maximum Gasteiger partial charge on any atom is 0.137 e. The molecule has 0 fully saturated rings. The Kier molecular flexibility index (Phi) is 5.43. The van der Waals surface area contributed by atoms with Crippen LogP contribution in [0.2, 0.25) is 0 Å². The van der Waals surface area contributed by atoms with Crippen molar-refractivity contribution in [3.8, 4) is 22.3 Å². The topological polar surface area (TPSA) is 29.5 Å². The van der Waals surface area contributed by atoms with Crippen LogP contribution in [0.25, 0.3) is 66.1 Å². The molecule has 0 radical (unpaired) electrons. The van der Waals surface area contributed by atoms with E-state index >= 15 is 0 Å². The second-order valence-corrected chi connectivity index (χ2v) is 14.0. The highest BCUT2D eigenvalue weighted by Gasteiger charge is 2.52. The lowest BCUT2D eigenvalue weighted by molar-refractivity contribution is 0.669. The molecule has 0 unspecified atom stereocenters. The molecule has 2 aromatic heterocycles. The number of hydrogen-bond donors (Lipinski definition) is 0. The second-order valence-electron chi connectivity index (χ2n) is 14.0. The van der Waals surface area contributed by atoms with E-state index in [1.807, 2.05) is 24.3 Å². The van der Waals surface area contributed by atoms with Crippen LogP contribution in [0.5, 0.6) is 0 Å². The lowest BCUT2D eigenvalue weighted by Gasteiger charge is -2.31. The van der Waals surface area contributed by atoms with E-state index < -0.39 is 5.41 Å². The molecule has 2 aliphatic carbocycles. The average Bonchev–Trinajstić information content (AvgIpc) is 3.93. The lowest BCUT2D eigenvalue weighted by atomic mass is 9.70. The number of benzene rings is 8. The molecule has 0 aliphatic heterocycles. The molecule has 3 heteroatoms. The minimum Gasteiger partial charge on any atom is -0.456 e. The molecule has 0 N–H and O–H groups in total. The molecule has 1 spiro atoms. The van der Waals surface area contributed by atoms with Gasteiger partial charge in [-0.15, -0.1) is 0 Å². The van der Waals surface area contributed by atoms with Gasteiger partial charge in [-0.1, -0.05) is 121 Å². The average molecular weight is 664 g/mol. The fourth-order valence-electron chi connectivity index (χ4n) is 9.45. The first-order valence-electron chi connectivity index (χ1n) is 17.8. The van der Waals surface area contributed by atoms with Crippen LogP contribution in [0.15, 0.2) is 185 Å². The molecule has 0 amide bonds. The standard InChI is InChI=1S/C49H29NO2/c1-6-17-39-32(12-1)33-13-2-7-18-40(33)49(39)41-19-8-3-16-38(41)48-42(49)20-11-21-43(48)50(30-24-26-36-34-14-4-9-22-44(34)51-46(36)28-30)31-25-27-37-35-15-5-10-23-45(35)52-47(37)29-31/h1-29H. The van der Waals surface area contributed by atoms with Crippen molar-refractivity contribution in [3.63, 3.8) is 0 Å². The van der Waals surface area contributed by atoms with Gasteiger partial charge in [-0.3, -0.25) is 0 Å². The van der Waals surface area contributed by atoms with E-state index in [4.69, 9.17) is 8.83 Å². The van der Waals surface area contributed by atoms with Crippen LogP contribution in [0.3, 0.4) is 0 Å². The SMILES string of the molecule is c1ccc2c(c1)-c1ccccc1C21c2ccccc2-c2c(N(c3ccc4c(c3)oc3ccccc34)c3ccc4c(c3)oc3ccccc34)cccc21. The van der Waals surface area contributed by atoms with E-state index in [2.05, 4.69) is 157 Å². The van der Waals surface area contributed by atoms with Gasteiger partial charge in [0, 0.05) is 50.6 Å². The van der Waals surface area contributed by atoms with Crippen molar-refractivity contribution in [1.82, 2.24) is 0 Å². The van der Waals surface area contributed by atoms with Crippen molar-refractivity contribution in [3.05, 3.63) is 198 Å². The first-order chi connectivity index (χ1) is 25.8. The summed E-state index contributed by atoms with van der Waals surface area (Å²) < 4.78 is 13.0.